The van der Waals surface area contributed by atoms with Crippen LogP contribution in [0.15, 0.2) is 0 Å². The standard InChI is InChI=1S/C12H27N/c1-7-11(8-2)9-12(3,4)10-13(5)6/h11H,7-10H2,1-6H3. The summed E-state index contributed by atoms with van der Waals surface area (Å²) in [6.07, 6.45) is 4.01. The van der Waals surface area contributed by atoms with Gasteiger partial charge in [0.05, 0.1) is 0 Å². The predicted molar refractivity (Wildman–Crippen MR) is 61.0 cm³/mol. The molecule has 0 aliphatic carbocycles. The third kappa shape index (κ3) is 6.09. The van der Waals surface area contributed by atoms with Crippen LogP contribution in [0.2, 0.25) is 0 Å². The van der Waals surface area contributed by atoms with Gasteiger partial charge in [-0.05, 0) is 31.8 Å². The van der Waals surface area contributed by atoms with E-state index >= 15 is 0 Å². The minimum absolute atomic E-state index is 0.472. The van der Waals surface area contributed by atoms with Crippen LogP contribution in [0.25, 0.3) is 0 Å². The molecule has 13 heavy (non-hydrogen) atoms. The third-order valence-corrected chi connectivity index (χ3v) is 2.74. The molecule has 0 aromatic carbocycles. The molecule has 0 saturated carbocycles. The summed E-state index contributed by atoms with van der Waals surface area (Å²) in [5, 5.41) is 0. The third-order valence-electron chi connectivity index (χ3n) is 2.74. The minimum Gasteiger partial charge on any atom is -0.309 e. The molecular weight excluding hydrogens is 158 g/mol. The first kappa shape index (κ1) is 13.0. The van der Waals surface area contributed by atoms with Gasteiger partial charge in [-0.1, -0.05) is 40.5 Å². The lowest BCUT2D eigenvalue weighted by Crippen LogP contribution is -2.30. The summed E-state index contributed by atoms with van der Waals surface area (Å²) >= 11 is 0. The predicted octanol–water partition coefficient (Wildman–Crippen LogP) is 3.40. The van der Waals surface area contributed by atoms with E-state index in [-0.39, 0.29) is 0 Å². The Kier molecular flexibility index (Phi) is 5.62. The van der Waals surface area contributed by atoms with Crippen LogP contribution in [-0.4, -0.2) is 25.5 Å². The molecule has 0 spiro atoms. The molecule has 1 heteroatoms. The van der Waals surface area contributed by atoms with Gasteiger partial charge < -0.3 is 4.90 Å². The second kappa shape index (κ2) is 5.64. The van der Waals surface area contributed by atoms with E-state index in [0.29, 0.717) is 5.41 Å². The van der Waals surface area contributed by atoms with Gasteiger partial charge in [0.25, 0.3) is 0 Å². The zero-order valence-corrected chi connectivity index (χ0v) is 10.4. The van der Waals surface area contributed by atoms with E-state index in [4.69, 9.17) is 0 Å². The zero-order valence-electron chi connectivity index (χ0n) is 10.4. The summed E-state index contributed by atoms with van der Waals surface area (Å²) in [5.41, 5.74) is 0.472. The Hall–Kier alpha value is -0.0400. The van der Waals surface area contributed by atoms with Crippen molar-refractivity contribution >= 4 is 0 Å². The molecule has 0 heterocycles. The minimum atomic E-state index is 0.472. The Morgan fingerprint density at radius 1 is 1.08 bits per heavy atom. The molecule has 0 aliphatic heterocycles. The van der Waals surface area contributed by atoms with Gasteiger partial charge in [-0.15, -0.1) is 0 Å². The van der Waals surface area contributed by atoms with Gasteiger partial charge in [0.2, 0.25) is 0 Å². The van der Waals surface area contributed by atoms with Gasteiger partial charge >= 0.3 is 0 Å². The van der Waals surface area contributed by atoms with Crippen LogP contribution >= 0.6 is 0 Å². The first-order valence-corrected chi connectivity index (χ1v) is 5.56. The lowest BCUT2D eigenvalue weighted by atomic mass is 9.80. The highest BCUT2D eigenvalue weighted by Gasteiger charge is 2.22. The van der Waals surface area contributed by atoms with E-state index in [9.17, 15) is 0 Å². The van der Waals surface area contributed by atoms with E-state index in [0.717, 1.165) is 5.92 Å². The number of rotatable bonds is 6. The van der Waals surface area contributed by atoms with Crippen LogP contribution < -0.4 is 0 Å². The molecule has 0 aliphatic rings. The highest BCUT2D eigenvalue weighted by Crippen LogP contribution is 2.29. The fraction of sp³-hybridized carbons (Fsp3) is 1.00. The number of hydrogen-bond acceptors (Lipinski definition) is 1. The molecule has 0 N–H and O–H groups in total. The van der Waals surface area contributed by atoms with Crippen molar-refractivity contribution in [2.24, 2.45) is 11.3 Å². The molecule has 1 nitrogen and oxygen atoms in total. The maximum atomic E-state index is 2.38. The molecule has 0 saturated heterocycles. The SMILES string of the molecule is CCC(CC)CC(C)(C)CN(C)C. The van der Waals surface area contributed by atoms with Crippen LogP contribution in [0.3, 0.4) is 0 Å². The van der Waals surface area contributed by atoms with Crippen molar-refractivity contribution in [1.29, 1.82) is 0 Å². The summed E-state index contributed by atoms with van der Waals surface area (Å²) in [4.78, 5) is 2.29. The molecule has 0 rings (SSSR count). The van der Waals surface area contributed by atoms with Gasteiger partial charge in [-0.3, -0.25) is 0 Å². The van der Waals surface area contributed by atoms with Gasteiger partial charge in [0.1, 0.15) is 0 Å². The summed E-state index contributed by atoms with van der Waals surface area (Å²) in [6, 6.07) is 0. The Morgan fingerprint density at radius 2 is 1.54 bits per heavy atom. The van der Waals surface area contributed by atoms with E-state index in [2.05, 4.69) is 46.7 Å². The lowest BCUT2D eigenvalue weighted by molar-refractivity contribution is 0.188. The first-order valence-electron chi connectivity index (χ1n) is 5.56. The molecule has 0 radical (unpaired) electrons. The van der Waals surface area contributed by atoms with E-state index < -0.39 is 0 Å². The summed E-state index contributed by atoms with van der Waals surface area (Å²) in [7, 11) is 4.32. The van der Waals surface area contributed by atoms with Crippen LogP contribution in [0.5, 0.6) is 0 Å². The maximum absolute atomic E-state index is 2.38. The number of hydrogen-bond donors (Lipinski definition) is 0. The van der Waals surface area contributed by atoms with Crippen LogP contribution in [0.4, 0.5) is 0 Å². The second-order valence-electron chi connectivity index (χ2n) is 5.29. The van der Waals surface area contributed by atoms with Crippen LogP contribution in [0.1, 0.15) is 47.0 Å². The molecule has 0 unspecified atom stereocenters. The van der Waals surface area contributed by atoms with E-state index in [1.165, 1.54) is 25.8 Å². The normalized spacial score (nSPS) is 12.9. The molecule has 0 bridgehead atoms. The molecule has 0 aromatic heterocycles. The Bertz CT molecular complexity index is 123. The van der Waals surface area contributed by atoms with Crippen molar-refractivity contribution < 1.29 is 0 Å². The van der Waals surface area contributed by atoms with Gasteiger partial charge in [0.15, 0.2) is 0 Å². The largest absolute Gasteiger partial charge is 0.309 e. The molecular formula is C12H27N. The second-order valence-corrected chi connectivity index (χ2v) is 5.29. The van der Waals surface area contributed by atoms with Crippen molar-refractivity contribution in [1.82, 2.24) is 4.90 Å². The zero-order chi connectivity index (χ0) is 10.5. The lowest BCUT2D eigenvalue weighted by Gasteiger charge is -2.31. The Labute approximate surface area is 84.5 Å². The number of nitrogens with zero attached hydrogens (tertiary/aromatic N) is 1. The Balaban J connectivity index is 3.98. The average Bonchev–Trinajstić information content (AvgIpc) is 1.97. The molecule has 0 amide bonds. The van der Waals surface area contributed by atoms with Crippen molar-refractivity contribution in [2.45, 2.75) is 47.0 Å². The van der Waals surface area contributed by atoms with Gasteiger partial charge in [-0.25, -0.2) is 0 Å². The van der Waals surface area contributed by atoms with Crippen molar-refractivity contribution in [2.75, 3.05) is 20.6 Å². The average molecular weight is 185 g/mol. The molecule has 0 fully saturated rings. The van der Waals surface area contributed by atoms with Crippen molar-refractivity contribution in [3.05, 3.63) is 0 Å². The molecule has 0 aromatic rings. The van der Waals surface area contributed by atoms with Crippen molar-refractivity contribution in [3.8, 4) is 0 Å². The topological polar surface area (TPSA) is 3.24 Å². The Morgan fingerprint density at radius 3 is 1.85 bits per heavy atom. The highest BCUT2D eigenvalue weighted by atomic mass is 15.1. The smallest absolute Gasteiger partial charge is 0.00267 e. The monoisotopic (exact) mass is 185 g/mol. The van der Waals surface area contributed by atoms with Gasteiger partial charge in [-0.2, -0.15) is 0 Å². The van der Waals surface area contributed by atoms with Crippen molar-refractivity contribution in [3.63, 3.8) is 0 Å². The first-order chi connectivity index (χ1) is 5.91. The molecule has 80 valence electrons. The van der Waals surface area contributed by atoms with Crippen LogP contribution in [0, 0.1) is 11.3 Å². The molecule has 0 atom stereocenters. The fourth-order valence-corrected chi connectivity index (χ4v) is 2.28. The quantitative estimate of drug-likeness (QED) is 0.613. The van der Waals surface area contributed by atoms with Crippen LogP contribution in [-0.2, 0) is 0 Å². The summed E-state index contributed by atoms with van der Waals surface area (Å²) < 4.78 is 0. The van der Waals surface area contributed by atoms with E-state index in [1.807, 2.05) is 0 Å². The van der Waals surface area contributed by atoms with E-state index in [1.54, 1.807) is 0 Å². The highest BCUT2D eigenvalue weighted by molar-refractivity contribution is 4.74. The summed E-state index contributed by atoms with van der Waals surface area (Å²) in [6.45, 7) is 10.6. The van der Waals surface area contributed by atoms with Gasteiger partial charge in [0, 0.05) is 6.54 Å². The summed E-state index contributed by atoms with van der Waals surface area (Å²) in [5.74, 6) is 0.912. The maximum Gasteiger partial charge on any atom is 0.00267 e. The fourth-order valence-electron chi connectivity index (χ4n) is 2.28.